The Morgan fingerprint density at radius 3 is 2.33 bits per heavy atom. The lowest BCUT2D eigenvalue weighted by Crippen LogP contribution is -2.27. The third kappa shape index (κ3) is 2.75. The quantitative estimate of drug-likeness (QED) is 0.845. The van der Waals surface area contributed by atoms with E-state index in [0.29, 0.717) is 6.54 Å². The first-order valence-corrected chi connectivity index (χ1v) is 6.96. The van der Waals surface area contributed by atoms with Crippen molar-refractivity contribution in [2.45, 2.75) is 11.6 Å². The molecule has 0 fully saturated rings. The average molecular weight is 262 g/mol. The summed E-state index contributed by atoms with van der Waals surface area (Å²) in [5.41, 5.74) is 0.944. The molecule has 4 nitrogen and oxygen atoms in total. The van der Waals surface area contributed by atoms with Crippen molar-refractivity contribution in [2.24, 2.45) is 0 Å². The van der Waals surface area contributed by atoms with Crippen LogP contribution in [0.4, 0.5) is 0 Å². The van der Waals surface area contributed by atoms with Crippen molar-refractivity contribution in [1.29, 1.82) is 0 Å². The van der Waals surface area contributed by atoms with Gasteiger partial charge in [0, 0.05) is 19.8 Å². The van der Waals surface area contributed by atoms with Gasteiger partial charge in [-0.15, -0.1) is 0 Å². The van der Waals surface area contributed by atoms with E-state index in [9.17, 15) is 8.42 Å². The van der Waals surface area contributed by atoms with Crippen molar-refractivity contribution in [3.05, 3.63) is 60.3 Å². The fraction of sp³-hybridized carbons (Fsp3) is 0.154. The third-order valence-corrected chi connectivity index (χ3v) is 4.28. The van der Waals surface area contributed by atoms with Crippen LogP contribution in [-0.2, 0) is 16.6 Å². The molecule has 0 bridgehead atoms. The van der Waals surface area contributed by atoms with E-state index >= 15 is 0 Å². The molecule has 0 aliphatic heterocycles. The smallest absolute Gasteiger partial charge is 0.243 e. The van der Waals surface area contributed by atoms with Gasteiger partial charge in [-0.1, -0.05) is 36.4 Å². The predicted octanol–water partition coefficient (Wildman–Crippen LogP) is 1.90. The number of hydrogen-bond donors (Lipinski definition) is 0. The van der Waals surface area contributed by atoms with Crippen LogP contribution in [-0.4, -0.2) is 24.8 Å². The summed E-state index contributed by atoms with van der Waals surface area (Å²) < 4.78 is 25.7. The van der Waals surface area contributed by atoms with Crippen molar-refractivity contribution >= 4 is 10.0 Å². The molecule has 0 aliphatic rings. The molecule has 1 aromatic heterocycles. The van der Waals surface area contributed by atoms with Crippen LogP contribution in [0.3, 0.4) is 0 Å². The van der Waals surface area contributed by atoms with Crippen LogP contribution in [0.25, 0.3) is 0 Å². The lowest BCUT2D eigenvalue weighted by Gasteiger charge is -2.16. The lowest BCUT2D eigenvalue weighted by molar-refractivity contribution is 0.464. The monoisotopic (exact) mass is 262 g/mol. The second kappa shape index (κ2) is 5.29. The minimum atomic E-state index is -3.51. The van der Waals surface area contributed by atoms with E-state index in [2.05, 4.69) is 4.98 Å². The first-order chi connectivity index (χ1) is 8.60. The summed E-state index contributed by atoms with van der Waals surface area (Å²) in [6.07, 6.45) is 1.48. The van der Waals surface area contributed by atoms with Crippen molar-refractivity contribution < 1.29 is 8.42 Å². The average Bonchev–Trinajstić information content (AvgIpc) is 2.41. The zero-order valence-corrected chi connectivity index (χ0v) is 10.8. The van der Waals surface area contributed by atoms with Crippen LogP contribution >= 0.6 is 0 Å². The minimum Gasteiger partial charge on any atom is -0.243 e. The second-order valence-electron chi connectivity index (χ2n) is 3.91. The van der Waals surface area contributed by atoms with Gasteiger partial charge in [-0.2, -0.15) is 4.31 Å². The highest BCUT2D eigenvalue weighted by Gasteiger charge is 2.21. The highest BCUT2D eigenvalue weighted by molar-refractivity contribution is 7.89. The summed E-state index contributed by atoms with van der Waals surface area (Å²) in [5.74, 6) is 0. The number of rotatable bonds is 4. The van der Waals surface area contributed by atoms with Crippen LogP contribution in [0.15, 0.2) is 59.8 Å². The highest BCUT2D eigenvalue weighted by Crippen LogP contribution is 2.13. The molecule has 0 spiro atoms. The molecule has 94 valence electrons. The van der Waals surface area contributed by atoms with Gasteiger partial charge < -0.3 is 0 Å². The molecule has 1 heterocycles. The Morgan fingerprint density at radius 1 is 1.06 bits per heavy atom. The summed E-state index contributed by atoms with van der Waals surface area (Å²) in [6, 6.07) is 14.3. The van der Waals surface area contributed by atoms with E-state index in [1.807, 2.05) is 30.3 Å². The number of sulfonamides is 1. The molecule has 0 aliphatic carbocycles. The fourth-order valence-corrected chi connectivity index (χ4v) is 2.67. The Balaban J connectivity index is 2.21. The molecule has 0 saturated carbocycles. The maximum Gasteiger partial charge on any atom is 0.260 e. The summed E-state index contributed by atoms with van der Waals surface area (Å²) in [4.78, 5) is 3.88. The summed E-state index contributed by atoms with van der Waals surface area (Å²) in [6.45, 7) is 0.333. The Kier molecular flexibility index (Phi) is 3.74. The van der Waals surface area contributed by atoms with Crippen molar-refractivity contribution in [1.82, 2.24) is 9.29 Å². The molecule has 1 aromatic carbocycles. The van der Waals surface area contributed by atoms with E-state index in [4.69, 9.17) is 0 Å². The van der Waals surface area contributed by atoms with E-state index < -0.39 is 10.0 Å². The number of nitrogens with zero attached hydrogens (tertiary/aromatic N) is 2. The number of aromatic nitrogens is 1. The Morgan fingerprint density at radius 2 is 1.72 bits per heavy atom. The lowest BCUT2D eigenvalue weighted by atomic mass is 10.2. The maximum atomic E-state index is 12.2. The molecular formula is C13H14N2O2S. The van der Waals surface area contributed by atoms with Gasteiger partial charge in [0.1, 0.15) is 0 Å². The minimum absolute atomic E-state index is 0.0726. The van der Waals surface area contributed by atoms with E-state index in [1.54, 1.807) is 19.2 Å². The van der Waals surface area contributed by atoms with E-state index in [1.165, 1.54) is 16.6 Å². The summed E-state index contributed by atoms with van der Waals surface area (Å²) in [5, 5.41) is 0.0726. The van der Waals surface area contributed by atoms with Crippen LogP contribution in [0.5, 0.6) is 0 Å². The summed E-state index contributed by atoms with van der Waals surface area (Å²) >= 11 is 0. The van der Waals surface area contributed by atoms with Crippen molar-refractivity contribution in [3.63, 3.8) is 0 Å². The van der Waals surface area contributed by atoms with E-state index in [-0.39, 0.29) is 5.03 Å². The molecule has 0 atom stereocenters. The van der Waals surface area contributed by atoms with Gasteiger partial charge in [0.15, 0.2) is 5.03 Å². The largest absolute Gasteiger partial charge is 0.260 e. The highest BCUT2D eigenvalue weighted by atomic mass is 32.2. The Labute approximate surface area is 107 Å². The maximum absolute atomic E-state index is 12.2. The van der Waals surface area contributed by atoms with Crippen LogP contribution < -0.4 is 0 Å². The fourth-order valence-electron chi connectivity index (χ4n) is 1.58. The van der Waals surface area contributed by atoms with Crippen molar-refractivity contribution in [3.8, 4) is 0 Å². The van der Waals surface area contributed by atoms with Crippen LogP contribution in [0.2, 0.25) is 0 Å². The Bertz CT molecular complexity index is 597. The molecular weight excluding hydrogens is 248 g/mol. The predicted molar refractivity (Wildman–Crippen MR) is 69.3 cm³/mol. The molecule has 2 rings (SSSR count). The molecule has 0 amide bonds. The zero-order chi connectivity index (χ0) is 13.0. The molecule has 5 heteroatoms. The van der Waals surface area contributed by atoms with Gasteiger partial charge in [0.25, 0.3) is 10.0 Å². The van der Waals surface area contributed by atoms with Gasteiger partial charge in [0.2, 0.25) is 0 Å². The molecule has 0 saturated heterocycles. The normalized spacial score (nSPS) is 11.7. The topological polar surface area (TPSA) is 50.3 Å². The van der Waals surface area contributed by atoms with E-state index in [0.717, 1.165) is 5.56 Å². The van der Waals surface area contributed by atoms with Crippen LogP contribution in [0.1, 0.15) is 5.56 Å². The van der Waals surface area contributed by atoms with Gasteiger partial charge in [0.05, 0.1) is 0 Å². The molecule has 0 N–H and O–H groups in total. The number of hydrogen-bond acceptors (Lipinski definition) is 3. The number of benzene rings is 1. The zero-order valence-electron chi connectivity index (χ0n) is 10.0. The van der Waals surface area contributed by atoms with Gasteiger partial charge >= 0.3 is 0 Å². The second-order valence-corrected chi connectivity index (χ2v) is 5.91. The first kappa shape index (κ1) is 12.7. The molecule has 2 aromatic rings. The van der Waals surface area contributed by atoms with Gasteiger partial charge in [-0.05, 0) is 17.7 Å². The Hall–Kier alpha value is -1.72. The molecule has 0 unspecified atom stereocenters. The first-order valence-electron chi connectivity index (χ1n) is 5.52. The third-order valence-electron chi connectivity index (χ3n) is 2.56. The van der Waals surface area contributed by atoms with Crippen molar-refractivity contribution in [2.75, 3.05) is 7.05 Å². The van der Waals surface area contributed by atoms with Gasteiger partial charge in [-0.25, -0.2) is 13.4 Å². The standard InChI is InChI=1S/C13H14N2O2S/c1-15(11-12-7-3-2-4-8-12)18(16,17)13-9-5-6-10-14-13/h2-10H,11H2,1H3. The molecule has 18 heavy (non-hydrogen) atoms. The SMILES string of the molecule is CN(Cc1ccccc1)S(=O)(=O)c1ccccn1. The van der Waals surface area contributed by atoms with Gasteiger partial charge in [-0.3, -0.25) is 0 Å². The number of pyridine rings is 1. The summed E-state index contributed by atoms with van der Waals surface area (Å²) in [7, 11) is -1.96. The van der Waals surface area contributed by atoms with Crippen LogP contribution in [0, 0.1) is 0 Å². The molecule has 0 radical (unpaired) electrons.